The number of carbonyl (C=O) groups is 3. The molecule has 2 atom stereocenters. The Hall–Kier alpha value is -1.58. The molecule has 1 aliphatic rings. The zero-order valence-electron chi connectivity index (χ0n) is 15.3. The van der Waals surface area contributed by atoms with Gasteiger partial charge in [-0.05, 0) is 53.4 Å². The summed E-state index contributed by atoms with van der Waals surface area (Å²) < 4.78 is 11.2. The van der Waals surface area contributed by atoms with Crippen molar-refractivity contribution in [1.82, 2.24) is 10.6 Å². The summed E-state index contributed by atoms with van der Waals surface area (Å²) in [7, 11) is -0.836. The predicted octanol–water partition coefficient (Wildman–Crippen LogP) is 2.35. The van der Waals surface area contributed by atoms with E-state index in [2.05, 4.69) is 26.6 Å². The van der Waals surface area contributed by atoms with E-state index < -0.39 is 36.9 Å². The second-order valence-corrected chi connectivity index (χ2v) is 7.98. The van der Waals surface area contributed by atoms with Gasteiger partial charge in [-0.25, -0.2) is 0 Å². The molecular weight excluding hydrogens is 438 g/mol. The molecule has 0 radical (unpaired) electrons. The van der Waals surface area contributed by atoms with Crippen LogP contribution in [0.4, 0.5) is 0 Å². The molecule has 2 N–H and O–H groups in total. The van der Waals surface area contributed by atoms with Crippen LogP contribution in [0.1, 0.15) is 37.6 Å². The second-order valence-electron chi connectivity index (χ2n) is 6.69. The monoisotopic (exact) mass is 458 g/mol. The van der Waals surface area contributed by atoms with Crippen LogP contribution in [0.3, 0.4) is 0 Å². The molecule has 27 heavy (non-hydrogen) atoms. The molecule has 1 saturated heterocycles. The summed E-state index contributed by atoms with van der Waals surface area (Å²) in [5.74, 6) is -1.56. The molecule has 1 unspecified atom stereocenters. The third-order valence-corrected chi connectivity index (χ3v) is 4.81. The highest BCUT2D eigenvalue weighted by Gasteiger charge is 2.44. The first kappa shape index (κ1) is 21.7. The van der Waals surface area contributed by atoms with Gasteiger partial charge in [0, 0.05) is 9.50 Å². The Morgan fingerprint density at radius 1 is 1.37 bits per heavy atom. The topological polar surface area (TPSA) is 93.7 Å². The summed E-state index contributed by atoms with van der Waals surface area (Å²) in [6, 6.07) is 4.81. The lowest BCUT2D eigenvalue weighted by atomic mass is 9.74. The largest absolute Gasteiger partial charge is 0.552 e. The molecule has 0 saturated carbocycles. The number of halogens is 2. The van der Waals surface area contributed by atoms with Gasteiger partial charge in [-0.3, -0.25) is 14.4 Å². The standard InChI is InChI=1S/C17H21BBrClN2O5/c1-9(2)6-14(18-26-10(3)17(25)27-18)22-15(23)8-21-16(24)12-7-11(20)4-5-13(12)19/h4-5,7,9-10,14H,6,8H2,1-3H3,(H,21,24)(H,22,23)/t10-,14?/m0/s1. The number of hydrogen-bond donors (Lipinski definition) is 2. The van der Waals surface area contributed by atoms with Crippen molar-refractivity contribution in [2.75, 3.05) is 6.54 Å². The first-order valence-electron chi connectivity index (χ1n) is 8.56. The molecule has 1 aromatic rings. The normalized spacial score (nSPS) is 17.6. The zero-order valence-corrected chi connectivity index (χ0v) is 17.6. The molecule has 0 aliphatic carbocycles. The van der Waals surface area contributed by atoms with E-state index in [0.29, 0.717) is 21.5 Å². The van der Waals surface area contributed by atoms with Crippen LogP contribution in [0.2, 0.25) is 5.02 Å². The molecule has 1 aliphatic heterocycles. The maximum Gasteiger partial charge on any atom is 0.552 e. The van der Waals surface area contributed by atoms with Gasteiger partial charge >= 0.3 is 13.1 Å². The summed E-state index contributed by atoms with van der Waals surface area (Å²) in [6.07, 6.45) is -0.106. The maximum atomic E-state index is 12.3. The lowest BCUT2D eigenvalue weighted by Crippen LogP contribution is -2.50. The Kier molecular flexibility index (Phi) is 7.70. The van der Waals surface area contributed by atoms with Crippen LogP contribution in [0, 0.1) is 5.92 Å². The van der Waals surface area contributed by atoms with Crippen LogP contribution < -0.4 is 10.6 Å². The van der Waals surface area contributed by atoms with E-state index in [9.17, 15) is 14.4 Å². The minimum atomic E-state index is -0.836. The minimum Gasteiger partial charge on any atom is -0.506 e. The van der Waals surface area contributed by atoms with Crippen molar-refractivity contribution >= 4 is 52.4 Å². The fourth-order valence-electron chi connectivity index (χ4n) is 2.60. The predicted molar refractivity (Wildman–Crippen MR) is 105 cm³/mol. The molecule has 0 spiro atoms. The molecule has 7 nitrogen and oxygen atoms in total. The summed E-state index contributed by atoms with van der Waals surface area (Å²) >= 11 is 9.18. The summed E-state index contributed by atoms with van der Waals surface area (Å²) in [5.41, 5.74) is 0.330. The molecule has 0 aromatic heterocycles. The van der Waals surface area contributed by atoms with Crippen LogP contribution >= 0.6 is 27.5 Å². The van der Waals surface area contributed by atoms with Crippen LogP contribution in [0.15, 0.2) is 22.7 Å². The van der Waals surface area contributed by atoms with E-state index in [0.717, 1.165) is 0 Å². The molecule has 1 aromatic carbocycles. The number of nitrogens with one attached hydrogen (secondary N) is 2. The smallest absolute Gasteiger partial charge is 0.506 e. The molecule has 1 fully saturated rings. The highest BCUT2D eigenvalue weighted by Crippen LogP contribution is 2.21. The Labute approximate surface area is 171 Å². The highest BCUT2D eigenvalue weighted by molar-refractivity contribution is 9.10. The van der Waals surface area contributed by atoms with Crippen molar-refractivity contribution in [2.24, 2.45) is 5.92 Å². The van der Waals surface area contributed by atoms with Gasteiger partial charge in [-0.15, -0.1) is 0 Å². The van der Waals surface area contributed by atoms with Crippen molar-refractivity contribution in [3.05, 3.63) is 33.3 Å². The minimum absolute atomic E-state index is 0.234. The highest BCUT2D eigenvalue weighted by atomic mass is 79.9. The van der Waals surface area contributed by atoms with Gasteiger partial charge < -0.3 is 19.9 Å². The fourth-order valence-corrected chi connectivity index (χ4v) is 3.20. The van der Waals surface area contributed by atoms with Crippen molar-refractivity contribution in [3.63, 3.8) is 0 Å². The summed E-state index contributed by atoms with van der Waals surface area (Å²) in [6.45, 7) is 5.33. The maximum absolute atomic E-state index is 12.3. The number of benzene rings is 1. The van der Waals surface area contributed by atoms with E-state index in [1.807, 2.05) is 13.8 Å². The van der Waals surface area contributed by atoms with Gasteiger partial charge in [0.1, 0.15) is 6.10 Å². The Morgan fingerprint density at radius 2 is 2.07 bits per heavy atom. The Bertz CT molecular complexity index is 733. The van der Waals surface area contributed by atoms with Crippen molar-refractivity contribution in [1.29, 1.82) is 0 Å². The van der Waals surface area contributed by atoms with Gasteiger partial charge in [-0.2, -0.15) is 0 Å². The van der Waals surface area contributed by atoms with Crippen LogP contribution in [0.5, 0.6) is 0 Å². The Balaban J connectivity index is 1.94. The van der Waals surface area contributed by atoms with Gasteiger partial charge in [0.05, 0.1) is 18.0 Å². The van der Waals surface area contributed by atoms with Crippen molar-refractivity contribution in [3.8, 4) is 0 Å². The van der Waals surface area contributed by atoms with Gasteiger partial charge in [0.15, 0.2) is 0 Å². The zero-order chi connectivity index (χ0) is 20.1. The van der Waals surface area contributed by atoms with Crippen molar-refractivity contribution in [2.45, 2.75) is 39.2 Å². The van der Waals surface area contributed by atoms with E-state index in [4.69, 9.17) is 20.9 Å². The van der Waals surface area contributed by atoms with Crippen LogP contribution in [0.25, 0.3) is 0 Å². The molecular formula is C17H21BBrClN2O5. The number of hydrogen-bond acceptors (Lipinski definition) is 5. The summed E-state index contributed by atoms with van der Waals surface area (Å²) in [4.78, 5) is 36.1. The molecule has 10 heteroatoms. The van der Waals surface area contributed by atoms with Crippen LogP contribution in [-0.4, -0.2) is 43.5 Å². The molecule has 2 rings (SSSR count). The van der Waals surface area contributed by atoms with Gasteiger partial charge in [0.25, 0.3) is 5.91 Å². The third kappa shape index (κ3) is 6.22. The molecule has 146 valence electrons. The average molecular weight is 460 g/mol. The lowest BCUT2D eigenvalue weighted by molar-refractivity contribution is -0.135. The number of carbonyl (C=O) groups excluding carboxylic acids is 3. The molecule has 2 amide bonds. The lowest BCUT2D eigenvalue weighted by Gasteiger charge is -2.21. The second kappa shape index (κ2) is 9.57. The van der Waals surface area contributed by atoms with Gasteiger partial charge in [0.2, 0.25) is 5.91 Å². The Morgan fingerprint density at radius 3 is 2.67 bits per heavy atom. The molecule has 0 bridgehead atoms. The van der Waals surface area contributed by atoms with Crippen LogP contribution in [-0.2, 0) is 18.9 Å². The van der Waals surface area contributed by atoms with Gasteiger partial charge in [-0.1, -0.05) is 25.4 Å². The van der Waals surface area contributed by atoms with E-state index in [1.165, 1.54) is 6.07 Å². The molecule has 1 heterocycles. The first-order chi connectivity index (χ1) is 12.7. The number of amides is 2. The average Bonchev–Trinajstić information content (AvgIpc) is 2.93. The third-order valence-electron chi connectivity index (χ3n) is 3.89. The quantitative estimate of drug-likeness (QED) is 0.611. The van der Waals surface area contributed by atoms with E-state index in [-0.39, 0.29) is 12.5 Å². The van der Waals surface area contributed by atoms with E-state index >= 15 is 0 Å². The van der Waals surface area contributed by atoms with Crippen molar-refractivity contribution < 1.29 is 23.7 Å². The van der Waals surface area contributed by atoms with E-state index in [1.54, 1.807) is 19.1 Å². The fraction of sp³-hybridized carbons (Fsp3) is 0.471. The SMILES string of the molecule is CC(C)CC(NC(=O)CNC(=O)c1cc(Cl)ccc1Br)B1OC(=O)[C@H](C)O1. The summed E-state index contributed by atoms with van der Waals surface area (Å²) in [5, 5.41) is 5.73. The number of rotatable bonds is 7. The first-order valence-corrected chi connectivity index (χ1v) is 9.73.